The summed E-state index contributed by atoms with van der Waals surface area (Å²) < 4.78 is 0. The van der Waals surface area contributed by atoms with Gasteiger partial charge in [0.2, 0.25) is 0 Å². The Hall–Kier alpha value is -0.630. The molecule has 2 saturated carbocycles. The molecule has 1 N–H and O–H groups in total. The van der Waals surface area contributed by atoms with E-state index in [0.29, 0.717) is 30.5 Å². The van der Waals surface area contributed by atoms with E-state index in [9.17, 15) is 9.90 Å². The van der Waals surface area contributed by atoms with Gasteiger partial charge in [0.25, 0.3) is 0 Å². The van der Waals surface area contributed by atoms with Crippen LogP contribution in [0.3, 0.4) is 0 Å². The van der Waals surface area contributed by atoms with Gasteiger partial charge in [0.05, 0.1) is 0 Å². The van der Waals surface area contributed by atoms with Crippen LogP contribution in [0.4, 0.5) is 0 Å². The number of allylic oxidation sites excluding steroid dienone is 1. The van der Waals surface area contributed by atoms with Crippen molar-refractivity contribution in [1.82, 2.24) is 0 Å². The van der Waals surface area contributed by atoms with Crippen LogP contribution in [0.2, 0.25) is 0 Å². The maximum Gasteiger partial charge on any atom is 0.133 e. The minimum Gasteiger partial charge on any atom is -0.396 e. The van der Waals surface area contributed by atoms with Gasteiger partial charge in [-0.2, -0.15) is 0 Å². The SMILES string of the molecule is C=C(C)[C@@H]1CC[C@@]2(C1)[C@@H](CO)CC(=O)C[C@H]2C. The van der Waals surface area contributed by atoms with Crippen LogP contribution in [0, 0.1) is 23.2 Å². The molecule has 0 amide bonds. The predicted octanol–water partition coefficient (Wildman–Crippen LogP) is 2.96. The molecule has 2 heteroatoms. The molecule has 2 nitrogen and oxygen atoms in total. The minimum absolute atomic E-state index is 0.166. The second-order valence-electron chi connectivity index (χ2n) is 6.25. The molecule has 2 rings (SSSR count). The van der Waals surface area contributed by atoms with Crippen molar-refractivity contribution in [2.75, 3.05) is 6.61 Å². The smallest absolute Gasteiger partial charge is 0.133 e. The van der Waals surface area contributed by atoms with Crippen LogP contribution in [-0.4, -0.2) is 17.5 Å². The van der Waals surface area contributed by atoms with Crippen LogP contribution in [0.25, 0.3) is 0 Å². The van der Waals surface area contributed by atoms with Crippen LogP contribution in [-0.2, 0) is 4.79 Å². The Labute approximate surface area is 104 Å². The minimum atomic E-state index is 0.166. The van der Waals surface area contributed by atoms with Gasteiger partial charge in [0.1, 0.15) is 5.78 Å². The number of ketones is 1. The number of rotatable bonds is 2. The lowest BCUT2D eigenvalue weighted by molar-refractivity contribution is -0.130. The van der Waals surface area contributed by atoms with E-state index in [1.165, 1.54) is 12.0 Å². The van der Waals surface area contributed by atoms with E-state index in [2.05, 4.69) is 20.4 Å². The zero-order valence-electron chi connectivity index (χ0n) is 11.0. The van der Waals surface area contributed by atoms with Crippen molar-refractivity contribution >= 4 is 5.78 Å². The van der Waals surface area contributed by atoms with Gasteiger partial charge < -0.3 is 5.11 Å². The van der Waals surface area contributed by atoms with E-state index in [1.807, 2.05) is 0 Å². The van der Waals surface area contributed by atoms with Gasteiger partial charge in [-0.1, -0.05) is 19.1 Å². The highest BCUT2D eigenvalue weighted by atomic mass is 16.3. The first kappa shape index (κ1) is 12.8. The summed E-state index contributed by atoms with van der Waals surface area (Å²) in [5, 5.41) is 9.60. The van der Waals surface area contributed by atoms with Crippen LogP contribution in [0.1, 0.15) is 46.0 Å². The number of carbonyl (C=O) groups excluding carboxylic acids is 1. The van der Waals surface area contributed by atoms with Gasteiger partial charge >= 0.3 is 0 Å². The molecule has 2 aliphatic rings. The molecule has 2 aliphatic carbocycles. The van der Waals surface area contributed by atoms with Crippen molar-refractivity contribution in [3.8, 4) is 0 Å². The highest BCUT2D eigenvalue weighted by molar-refractivity contribution is 5.80. The van der Waals surface area contributed by atoms with Crippen molar-refractivity contribution < 1.29 is 9.90 Å². The maximum atomic E-state index is 11.7. The summed E-state index contributed by atoms with van der Waals surface area (Å²) in [4.78, 5) is 11.7. The highest BCUT2D eigenvalue weighted by Crippen LogP contribution is 2.57. The van der Waals surface area contributed by atoms with Gasteiger partial charge in [-0.25, -0.2) is 0 Å². The normalized spacial score (nSPS) is 42.1. The topological polar surface area (TPSA) is 37.3 Å². The number of hydrogen-bond donors (Lipinski definition) is 1. The molecule has 0 aliphatic heterocycles. The molecular weight excluding hydrogens is 212 g/mol. The van der Waals surface area contributed by atoms with Crippen LogP contribution in [0.15, 0.2) is 12.2 Å². The second kappa shape index (κ2) is 4.56. The summed E-state index contributed by atoms with van der Waals surface area (Å²) >= 11 is 0. The molecule has 1 spiro atoms. The van der Waals surface area contributed by atoms with Gasteiger partial charge in [-0.3, -0.25) is 4.79 Å². The van der Waals surface area contributed by atoms with Crippen molar-refractivity contribution in [3.05, 3.63) is 12.2 Å². The Balaban J connectivity index is 2.22. The van der Waals surface area contributed by atoms with Crippen molar-refractivity contribution in [2.24, 2.45) is 23.2 Å². The lowest BCUT2D eigenvalue weighted by Crippen LogP contribution is -2.43. The first-order chi connectivity index (χ1) is 7.99. The first-order valence-electron chi connectivity index (χ1n) is 6.77. The average Bonchev–Trinajstić information content (AvgIpc) is 2.70. The maximum absolute atomic E-state index is 11.7. The molecule has 0 aromatic rings. The van der Waals surface area contributed by atoms with E-state index in [1.54, 1.807) is 0 Å². The third-order valence-corrected chi connectivity index (χ3v) is 5.30. The molecule has 0 aromatic heterocycles. The molecule has 0 unspecified atom stereocenters. The fraction of sp³-hybridized carbons (Fsp3) is 0.800. The van der Waals surface area contributed by atoms with Crippen LogP contribution >= 0.6 is 0 Å². The number of carbonyl (C=O) groups is 1. The molecule has 96 valence electrons. The van der Waals surface area contributed by atoms with Crippen molar-refractivity contribution in [1.29, 1.82) is 0 Å². The lowest BCUT2D eigenvalue weighted by atomic mass is 9.59. The quantitative estimate of drug-likeness (QED) is 0.748. The summed E-state index contributed by atoms with van der Waals surface area (Å²) in [5.41, 5.74) is 1.47. The van der Waals surface area contributed by atoms with Crippen LogP contribution < -0.4 is 0 Å². The molecule has 4 atom stereocenters. The fourth-order valence-corrected chi connectivity index (χ4v) is 4.10. The van der Waals surface area contributed by atoms with E-state index >= 15 is 0 Å². The molecular formula is C15H24O2. The standard InChI is InChI=1S/C15H24O2/c1-10(2)12-4-5-15(8-12)11(3)6-14(17)7-13(15)9-16/h11-13,16H,1,4-9H2,2-3H3/t11-,12-,13-,15+/m1/s1. The Bertz CT molecular complexity index is 334. The van der Waals surface area contributed by atoms with Crippen LogP contribution in [0.5, 0.6) is 0 Å². The third-order valence-electron chi connectivity index (χ3n) is 5.30. The van der Waals surface area contributed by atoms with Gasteiger partial charge in [0, 0.05) is 19.4 Å². The summed E-state index contributed by atoms with van der Waals surface area (Å²) in [5.74, 6) is 1.54. The Kier molecular flexibility index (Phi) is 3.44. The van der Waals surface area contributed by atoms with Gasteiger partial charge in [-0.15, -0.1) is 0 Å². The Morgan fingerprint density at radius 1 is 1.53 bits per heavy atom. The summed E-state index contributed by atoms with van der Waals surface area (Å²) in [6, 6.07) is 0. The largest absolute Gasteiger partial charge is 0.396 e. The zero-order valence-corrected chi connectivity index (χ0v) is 11.0. The summed E-state index contributed by atoms with van der Waals surface area (Å²) in [6.45, 7) is 8.54. The molecule has 2 fully saturated rings. The van der Waals surface area contributed by atoms with E-state index in [4.69, 9.17) is 0 Å². The van der Waals surface area contributed by atoms with Crippen molar-refractivity contribution in [2.45, 2.75) is 46.0 Å². The van der Waals surface area contributed by atoms with E-state index in [-0.39, 0.29) is 17.9 Å². The fourth-order valence-electron chi connectivity index (χ4n) is 4.10. The first-order valence-corrected chi connectivity index (χ1v) is 6.77. The molecule has 0 saturated heterocycles. The molecule has 0 radical (unpaired) electrons. The highest BCUT2D eigenvalue weighted by Gasteiger charge is 2.51. The molecule has 17 heavy (non-hydrogen) atoms. The molecule has 0 heterocycles. The summed E-state index contributed by atoms with van der Waals surface area (Å²) in [7, 11) is 0. The monoisotopic (exact) mass is 236 g/mol. The summed E-state index contributed by atoms with van der Waals surface area (Å²) in [6.07, 6.45) is 4.76. The second-order valence-corrected chi connectivity index (χ2v) is 6.25. The van der Waals surface area contributed by atoms with E-state index < -0.39 is 0 Å². The molecule has 0 bridgehead atoms. The number of aliphatic hydroxyl groups excluding tert-OH is 1. The van der Waals surface area contributed by atoms with Gasteiger partial charge in [0.15, 0.2) is 0 Å². The zero-order chi connectivity index (χ0) is 12.6. The van der Waals surface area contributed by atoms with Crippen molar-refractivity contribution in [3.63, 3.8) is 0 Å². The van der Waals surface area contributed by atoms with Gasteiger partial charge in [-0.05, 0) is 49.4 Å². The van der Waals surface area contributed by atoms with E-state index in [0.717, 1.165) is 12.8 Å². The average molecular weight is 236 g/mol. The Morgan fingerprint density at radius 3 is 2.76 bits per heavy atom. The predicted molar refractivity (Wildman–Crippen MR) is 68.6 cm³/mol. The molecule has 0 aromatic carbocycles. The number of Topliss-reactive ketones (excluding diaryl/α,β-unsaturated/α-hetero) is 1. The number of hydrogen-bond acceptors (Lipinski definition) is 2. The number of aliphatic hydroxyl groups is 1. The Morgan fingerprint density at radius 2 is 2.24 bits per heavy atom. The third kappa shape index (κ3) is 2.08. The lowest BCUT2D eigenvalue weighted by Gasteiger charge is -2.45.